The highest BCUT2D eigenvalue weighted by atomic mass is 79.9. The van der Waals surface area contributed by atoms with E-state index >= 15 is 0 Å². The van der Waals surface area contributed by atoms with E-state index in [4.69, 9.17) is 18.6 Å². The highest BCUT2D eigenvalue weighted by Gasteiger charge is 2.17. The van der Waals surface area contributed by atoms with Gasteiger partial charge in [0.2, 0.25) is 11.6 Å². The van der Waals surface area contributed by atoms with Crippen LogP contribution < -0.4 is 19.5 Å². The number of oxazole rings is 1. The summed E-state index contributed by atoms with van der Waals surface area (Å²) in [4.78, 5) is 17.1. The Labute approximate surface area is 187 Å². The molecule has 0 aliphatic carbocycles. The highest BCUT2D eigenvalue weighted by Crippen LogP contribution is 2.41. The van der Waals surface area contributed by atoms with Crippen molar-refractivity contribution in [2.45, 2.75) is 0 Å². The van der Waals surface area contributed by atoms with Gasteiger partial charge in [-0.25, -0.2) is 4.98 Å². The lowest BCUT2D eigenvalue weighted by molar-refractivity contribution is 0.102. The van der Waals surface area contributed by atoms with Crippen LogP contribution in [0.5, 0.6) is 17.2 Å². The standard InChI is InChI=1S/C23H19BrN2O5/c1-28-19-10-14(11-20(29-2)21(19)30-3)23-26-17-12-16(7-8-18(17)31-23)25-22(27)13-5-4-6-15(24)9-13/h4-12H,1-3H3,(H,25,27). The van der Waals surface area contributed by atoms with Gasteiger partial charge in [0.05, 0.1) is 21.3 Å². The van der Waals surface area contributed by atoms with Crippen LogP contribution in [-0.4, -0.2) is 32.2 Å². The number of aromatic nitrogens is 1. The summed E-state index contributed by atoms with van der Waals surface area (Å²) in [5.41, 5.74) is 3.03. The molecule has 4 aromatic rings. The fourth-order valence-corrected chi connectivity index (χ4v) is 3.57. The van der Waals surface area contributed by atoms with Crippen molar-refractivity contribution in [3.63, 3.8) is 0 Å². The molecule has 0 bridgehead atoms. The van der Waals surface area contributed by atoms with Crippen LogP contribution >= 0.6 is 15.9 Å². The SMILES string of the molecule is COc1cc(-c2nc3cc(NC(=O)c4cccc(Br)c4)ccc3o2)cc(OC)c1OC. The Balaban J connectivity index is 1.66. The fraction of sp³-hybridized carbons (Fsp3) is 0.130. The van der Waals surface area contributed by atoms with Gasteiger partial charge in [-0.15, -0.1) is 0 Å². The van der Waals surface area contributed by atoms with Crippen LogP contribution in [-0.2, 0) is 0 Å². The molecular formula is C23H19BrN2O5. The summed E-state index contributed by atoms with van der Waals surface area (Å²) < 4.78 is 22.9. The van der Waals surface area contributed by atoms with Crippen molar-refractivity contribution in [1.29, 1.82) is 0 Å². The Kier molecular flexibility index (Phi) is 5.81. The molecule has 0 aliphatic heterocycles. The van der Waals surface area contributed by atoms with Crippen molar-refractivity contribution < 1.29 is 23.4 Å². The zero-order chi connectivity index (χ0) is 22.0. The lowest BCUT2D eigenvalue weighted by atomic mass is 10.2. The number of carbonyl (C=O) groups is 1. The van der Waals surface area contributed by atoms with Crippen LogP contribution in [0.3, 0.4) is 0 Å². The number of carbonyl (C=O) groups excluding carboxylic acids is 1. The van der Waals surface area contributed by atoms with Gasteiger partial charge in [-0.05, 0) is 48.5 Å². The van der Waals surface area contributed by atoms with Gasteiger partial charge >= 0.3 is 0 Å². The molecule has 7 nitrogen and oxygen atoms in total. The number of methoxy groups -OCH3 is 3. The van der Waals surface area contributed by atoms with E-state index < -0.39 is 0 Å². The zero-order valence-electron chi connectivity index (χ0n) is 17.1. The number of benzene rings is 3. The monoisotopic (exact) mass is 482 g/mol. The van der Waals surface area contributed by atoms with Gasteiger partial charge in [0, 0.05) is 21.3 Å². The number of hydrogen-bond donors (Lipinski definition) is 1. The number of anilines is 1. The van der Waals surface area contributed by atoms with Crippen molar-refractivity contribution in [3.05, 3.63) is 64.6 Å². The summed E-state index contributed by atoms with van der Waals surface area (Å²) in [7, 11) is 4.64. The first-order chi connectivity index (χ1) is 15.0. The van der Waals surface area contributed by atoms with Crippen LogP contribution in [0, 0.1) is 0 Å². The third-order valence-corrected chi connectivity index (χ3v) is 5.14. The van der Waals surface area contributed by atoms with Gasteiger partial charge in [-0.1, -0.05) is 22.0 Å². The second-order valence-corrected chi connectivity index (χ2v) is 7.50. The second kappa shape index (κ2) is 8.69. The molecule has 0 atom stereocenters. The second-order valence-electron chi connectivity index (χ2n) is 6.58. The minimum atomic E-state index is -0.214. The van der Waals surface area contributed by atoms with Crippen molar-refractivity contribution in [3.8, 4) is 28.7 Å². The van der Waals surface area contributed by atoms with E-state index in [9.17, 15) is 4.79 Å². The number of halogens is 1. The van der Waals surface area contributed by atoms with Gasteiger partial charge < -0.3 is 23.9 Å². The summed E-state index contributed by atoms with van der Waals surface area (Å²) in [6, 6.07) is 16.0. The number of hydrogen-bond acceptors (Lipinski definition) is 6. The van der Waals surface area contributed by atoms with Gasteiger partial charge in [0.25, 0.3) is 5.91 Å². The summed E-state index contributed by atoms with van der Waals surface area (Å²) >= 11 is 3.37. The molecule has 158 valence electrons. The minimum Gasteiger partial charge on any atom is -0.493 e. The minimum absolute atomic E-state index is 0.214. The maximum Gasteiger partial charge on any atom is 0.255 e. The third kappa shape index (κ3) is 4.20. The number of fused-ring (bicyclic) bond motifs is 1. The Morgan fingerprint density at radius 3 is 2.35 bits per heavy atom. The zero-order valence-corrected chi connectivity index (χ0v) is 18.6. The fourth-order valence-electron chi connectivity index (χ4n) is 3.17. The summed E-state index contributed by atoms with van der Waals surface area (Å²) in [5.74, 6) is 1.67. The van der Waals surface area contributed by atoms with Crippen LogP contribution in [0.15, 0.2) is 63.5 Å². The molecule has 0 fully saturated rings. The van der Waals surface area contributed by atoms with Crippen molar-refractivity contribution in [2.75, 3.05) is 26.6 Å². The number of nitrogens with zero attached hydrogens (tertiary/aromatic N) is 1. The molecule has 3 aromatic carbocycles. The molecule has 1 amide bonds. The van der Waals surface area contributed by atoms with Crippen LogP contribution in [0.25, 0.3) is 22.6 Å². The lowest BCUT2D eigenvalue weighted by Crippen LogP contribution is -2.11. The first-order valence-electron chi connectivity index (χ1n) is 9.30. The van der Waals surface area contributed by atoms with E-state index in [0.717, 1.165) is 4.47 Å². The summed E-state index contributed by atoms with van der Waals surface area (Å²) in [6.07, 6.45) is 0. The Morgan fingerprint density at radius 1 is 0.968 bits per heavy atom. The molecule has 1 N–H and O–H groups in total. The predicted octanol–water partition coefficient (Wildman–Crippen LogP) is 5.54. The normalized spacial score (nSPS) is 10.7. The van der Waals surface area contributed by atoms with Crippen LogP contribution in [0.4, 0.5) is 5.69 Å². The summed E-state index contributed by atoms with van der Waals surface area (Å²) in [6.45, 7) is 0. The Morgan fingerprint density at radius 2 is 1.71 bits per heavy atom. The Bertz CT molecular complexity index is 1240. The molecule has 0 saturated heterocycles. The molecule has 0 saturated carbocycles. The van der Waals surface area contributed by atoms with E-state index in [1.54, 1.807) is 63.8 Å². The Hall–Kier alpha value is -3.52. The van der Waals surface area contributed by atoms with Crippen LogP contribution in [0.1, 0.15) is 10.4 Å². The molecule has 4 rings (SSSR count). The van der Waals surface area contributed by atoms with Gasteiger partial charge in [0.15, 0.2) is 17.1 Å². The van der Waals surface area contributed by atoms with E-state index in [1.165, 1.54) is 0 Å². The van der Waals surface area contributed by atoms with Crippen LogP contribution in [0.2, 0.25) is 0 Å². The molecule has 0 spiro atoms. The first-order valence-corrected chi connectivity index (χ1v) is 10.1. The molecule has 8 heteroatoms. The largest absolute Gasteiger partial charge is 0.493 e. The maximum absolute atomic E-state index is 12.5. The number of nitrogens with one attached hydrogen (secondary N) is 1. The molecule has 1 aromatic heterocycles. The van der Waals surface area contributed by atoms with Gasteiger partial charge in [-0.2, -0.15) is 0 Å². The summed E-state index contributed by atoms with van der Waals surface area (Å²) in [5, 5.41) is 2.88. The number of amides is 1. The van der Waals surface area contributed by atoms with Crippen molar-refractivity contribution in [2.24, 2.45) is 0 Å². The van der Waals surface area contributed by atoms with Crippen molar-refractivity contribution in [1.82, 2.24) is 4.98 Å². The topological polar surface area (TPSA) is 82.8 Å². The van der Waals surface area contributed by atoms with E-state index in [2.05, 4.69) is 26.2 Å². The van der Waals surface area contributed by atoms with E-state index in [0.29, 0.717) is 51.1 Å². The van der Waals surface area contributed by atoms with Gasteiger partial charge in [0.1, 0.15) is 5.52 Å². The van der Waals surface area contributed by atoms with Gasteiger partial charge in [-0.3, -0.25) is 4.79 Å². The maximum atomic E-state index is 12.5. The average Bonchev–Trinajstić information content (AvgIpc) is 3.21. The van der Waals surface area contributed by atoms with Crippen molar-refractivity contribution >= 4 is 38.6 Å². The first kappa shape index (κ1) is 20.7. The smallest absolute Gasteiger partial charge is 0.255 e. The quantitative estimate of drug-likeness (QED) is 0.388. The van der Waals surface area contributed by atoms with E-state index in [1.807, 2.05) is 12.1 Å². The molecule has 1 heterocycles. The average molecular weight is 483 g/mol. The molecular weight excluding hydrogens is 464 g/mol. The molecule has 0 unspecified atom stereocenters. The number of rotatable bonds is 6. The highest BCUT2D eigenvalue weighted by molar-refractivity contribution is 9.10. The van der Waals surface area contributed by atoms with E-state index in [-0.39, 0.29) is 5.91 Å². The molecule has 31 heavy (non-hydrogen) atoms. The number of ether oxygens (including phenoxy) is 3. The third-order valence-electron chi connectivity index (χ3n) is 4.64. The molecule has 0 aliphatic rings. The predicted molar refractivity (Wildman–Crippen MR) is 121 cm³/mol. The molecule has 0 radical (unpaired) electrons. The lowest BCUT2D eigenvalue weighted by Gasteiger charge is -2.12.